The van der Waals surface area contributed by atoms with E-state index >= 15 is 0 Å². The Morgan fingerprint density at radius 2 is 1.00 bits per heavy atom. The Balaban J connectivity index is 3.07. The molecule has 0 aromatic heterocycles. The Bertz CT molecular complexity index is 1030. The second-order valence-corrected chi connectivity index (χ2v) is 7.91. The smallest absolute Gasteiger partial charge is 0.326 e. The number of carbonyl (C=O) groups is 7. The topological polar surface area (TPSA) is 263 Å². The molecule has 3 atom stereocenters. The van der Waals surface area contributed by atoms with Crippen LogP contribution in [0.1, 0.15) is 48.9 Å². The van der Waals surface area contributed by atoms with Gasteiger partial charge in [-0.05, 0) is 43.5 Å². The third-order valence-corrected chi connectivity index (χ3v) is 4.98. The molecule has 0 bridgehead atoms. The summed E-state index contributed by atoms with van der Waals surface area (Å²) in [7, 11) is 0. The predicted molar refractivity (Wildman–Crippen MR) is 124 cm³/mol. The lowest BCUT2D eigenvalue weighted by Gasteiger charge is -2.24. The molecule has 0 fully saturated rings. The molecule has 0 unspecified atom stereocenters. The van der Waals surface area contributed by atoms with Crippen LogP contribution in [0.15, 0.2) is 24.3 Å². The van der Waals surface area contributed by atoms with Gasteiger partial charge in [-0.2, -0.15) is 0 Å². The quantitative estimate of drug-likeness (QED) is 0.121. The van der Waals surface area contributed by atoms with Crippen LogP contribution in [-0.4, -0.2) is 80.2 Å². The van der Waals surface area contributed by atoms with E-state index < -0.39 is 91.8 Å². The van der Waals surface area contributed by atoms with E-state index in [0.717, 1.165) is 0 Å². The van der Waals surface area contributed by atoms with Crippen LogP contribution < -0.4 is 21.7 Å². The molecule has 0 radical (unpaired) electrons. The number of nitrogen functional groups attached to an aromatic ring is 1. The molecule has 0 saturated carbocycles. The van der Waals surface area contributed by atoms with Crippen LogP contribution in [0.4, 0.5) is 5.69 Å². The molecule has 0 saturated heterocycles. The minimum Gasteiger partial charge on any atom is -0.481 e. The first-order valence-electron chi connectivity index (χ1n) is 11.0. The van der Waals surface area contributed by atoms with E-state index in [0.29, 0.717) is 5.69 Å². The number of carboxylic acid groups (broad SMARTS) is 4. The van der Waals surface area contributed by atoms with Gasteiger partial charge in [-0.25, -0.2) is 4.79 Å². The highest BCUT2D eigenvalue weighted by Crippen LogP contribution is 2.09. The Morgan fingerprint density at radius 1 is 0.622 bits per heavy atom. The molecule has 37 heavy (non-hydrogen) atoms. The number of nitrogens with two attached hydrogens (primary N) is 1. The molecule has 0 aliphatic carbocycles. The van der Waals surface area contributed by atoms with Gasteiger partial charge in [0.2, 0.25) is 11.8 Å². The molecule has 3 amide bonds. The molecular weight excluding hydrogens is 496 g/mol. The zero-order chi connectivity index (χ0) is 28.1. The van der Waals surface area contributed by atoms with Crippen LogP contribution in [0.2, 0.25) is 0 Å². The first-order chi connectivity index (χ1) is 17.3. The van der Waals surface area contributed by atoms with Crippen molar-refractivity contribution in [3.8, 4) is 0 Å². The average Bonchev–Trinajstić information content (AvgIpc) is 2.81. The number of carbonyl (C=O) groups excluding carboxylic acids is 3. The molecule has 0 aliphatic rings. The molecule has 1 rings (SSSR count). The number of anilines is 1. The maximum absolute atomic E-state index is 12.9. The van der Waals surface area contributed by atoms with Crippen molar-refractivity contribution in [2.75, 3.05) is 5.73 Å². The second-order valence-electron chi connectivity index (χ2n) is 7.91. The standard InChI is InChI=1S/C22H28N4O11/c23-12-3-1-11(2-4-12)19(33)24-13(5-8-16(27)28)20(34)25-14(6-9-17(29)30)21(35)26-15(22(36)37)7-10-18(31)32/h1-4,13-15H,5-10,23H2,(H,24,33)(H,25,34)(H,26,35)(H,27,28)(H,29,30)(H,31,32)(H,36,37)/t13-,14-,15-/m0/s1. The summed E-state index contributed by atoms with van der Waals surface area (Å²) in [6.07, 6.45) is -3.07. The average molecular weight is 524 g/mol. The fraction of sp³-hybridized carbons (Fsp3) is 0.409. The van der Waals surface area contributed by atoms with Crippen molar-refractivity contribution in [1.82, 2.24) is 16.0 Å². The Morgan fingerprint density at radius 3 is 1.41 bits per heavy atom. The van der Waals surface area contributed by atoms with Crippen molar-refractivity contribution < 1.29 is 54.0 Å². The fourth-order valence-corrected chi connectivity index (χ4v) is 3.02. The van der Waals surface area contributed by atoms with Crippen LogP contribution in [0.5, 0.6) is 0 Å². The van der Waals surface area contributed by atoms with Crippen LogP contribution in [0, 0.1) is 0 Å². The zero-order valence-corrected chi connectivity index (χ0v) is 19.5. The Hall–Kier alpha value is -4.69. The number of nitrogens with one attached hydrogen (secondary N) is 3. The van der Waals surface area contributed by atoms with Crippen molar-refractivity contribution in [2.45, 2.75) is 56.7 Å². The summed E-state index contributed by atoms with van der Waals surface area (Å²) in [5.41, 5.74) is 6.04. The van der Waals surface area contributed by atoms with Gasteiger partial charge in [0.25, 0.3) is 5.91 Å². The largest absolute Gasteiger partial charge is 0.481 e. The summed E-state index contributed by atoms with van der Waals surface area (Å²) >= 11 is 0. The molecule has 0 spiro atoms. The number of hydrogen-bond acceptors (Lipinski definition) is 8. The van der Waals surface area contributed by atoms with Crippen molar-refractivity contribution in [1.29, 1.82) is 0 Å². The summed E-state index contributed by atoms with van der Waals surface area (Å²) < 4.78 is 0. The van der Waals surface area contributed by atoms with Crippen molar-refractivity contribution >= 4 is 47.3 Å². The minimum atomic E-state index is -1.64. The van der Waals surface area contributed by atoms with Gasteiger partial charge in [0, 0.05) is 30.5 Å². The first-order valence-corrected chi connectivity index (χ1v) is 11.0. The SMILES string of the molecule is Nc1ccc(C(=O)N[C@@H](CCC(=O)O)C(=O)N[C@@H](CCC(=O)O)C(=O)N[C@@H](CCC(=O)O)C(=O)O)cc1. The summed E-state index contributed by atoms with van der Waals surface area (Å²) in [5, 5.41) is 42.6. The highest BCUT2D eigenvalue weighted by atomic mass is 16.4. The van der Waals surface area contributed by atoms with Gasteiger partial charge in [-0.15, -0.1) is 0 Å². The lowest BCUT2D eigenvalue weighted by Crippen LogP contribution is -2.56. The number of carboxylic acids is 4. The second kappa shape index (κ2) is 14.7. The van der Waals surface area contributed by atoms with E-state index in [9.17, 15) is 38.7 Å². The molecule has 15 heteroatoms. The maximum Gasteiger partial charge on any atom is 0.326 e. The summed E-state index contributed by atoms with van der Waals surface area (Å²) in [5.74, 6) is -8.34. The van der Waals surface area contributed by atoms with Crippen LogP contribution in [0.3, 0.4) is 0 Å². The summed E-state index contributed by atoms with van der Waals surface area (Å²) in [6, 6.07) is 0.903. The lowest BCUT2D eigenvalue weighted by molar-refractivity contribution is -0.144. The third kappa shape index (κ3) is 11.5. The molecular formula is C22H28N4O11. The van der Waals surface area contributed by atoms with Crippen LogP contribution in [0.25, 0.3) is 0 Å². The third-order valence-electron chi connectivity index (χ3n) is 4.98. The number of rotatable bonds is 16. The van der Waals surface area contributed by atoms with Crippen molar-refractivity contribution in [2.24, 2.45) is 0 Å². The molecule has 0 aliphatic heterocycles. The fourth-order valence-electron chi connectivity index (χ4n) is 3.02. The van der Waals surface area contributed by atoms with Crippen LogP contribution >= 0.6 is 0 Å². The van der Waals surface area contributed by atoms with Crippen LogP contribution in [-0.2, 0) is 28.8 Å². The molecule has 1 aromatic carbocycles. The summed E-state index contributed by atoms with van der Waals surface area (Å²) in [6.45, 7) is 0. The van der Waals surface area contributed by atoms with E-state index in [-0.39, 0.29) is 12.0 Å². The maximum atomic E-state index is 12.9. The van der Waals surface area contributed by atoms with Crippen molar-refractivity contribution in [3.63, 3.8) is 0 Å². The van der Waals surface area contributed by atoms with Gasteiger partial charge >= 0.3 is 23.9 Å². The number of benzene rings is 1. The Labute approximate surface area is 210 Å². The lowest BCUT2D eigenvalue weighted by atomic mass is 10.1. The zero-order valence-electron chi connectivity index (χ0n) is 19.5. The van der Waals surface area contributed by atoms with E-state index in [1.807, 2.05) is 0 Å². The van der Waals surface area contributed by atoms with Gasteiger partial charge in [0.05, 0.1) is 0 Å². The number of amides is 3. The number of hydrogen-bond donors (Lipinski definition) is 8. The van der Waals surface area contributed by atoms with Gasteiger partial charge in [-0.3, -0.25) is 28.8 Å². The van der Waals surface area contributed by atoms with E-state index in [2.05, 4.69) is 16.0 Å². The monoisotopic (exact) mass is 524 g/mol. The van der Waals surface area contributed by atoms with Gasteiger partial charge in [0.15, 0.2) is 0 Å². The van der Waals surface area contributed by atoms with E-state index in [1.54, 1.807) is 0 Å². The molecule has 9 N–H and O–H groups in total. The van der Waals surface area contributed by atoms with Gasteiger partial charge in [-0.1, -0.05) is 0 Å². The van der Waals surface area contributed by atoms with Gasteiger partial charge in [0.1, 0.15) is 18.1 Å². The van der Waals surface area contributed by atoms with E-state index in [4.69, 9.17) is 21.1 Å². The minimum absolute atomic E-state index is 0.102. The molecule has 1 aromatic rings. The van der Waals surface area contributed by atoms with Gasteiger partial charge < -0.3 is 42.1 Å². The molecule has 0 heterocycles. The summed E-state index contributed by atoms with van der Waals surface area (Å²) in [4.78, 5) is 82.4. The molecule has 202 valence electrons. The van der Waals surface area contributed by atoms with Crippen molar-refractivity contribution in [3.05, 3.63) is 29.8 Å². The number of aliphatic carboxylic acids is 4. The highest BCUT2D eigenvalue weighted by Gasteiger charge is 2.30. The van der Waals surface area contributed by atoms with E-state index in [1.165, 1.54) is 24.3 Å². The highest BCUT2D eigenvalue weighted by molar-refractivity contribution is 5.99. The predicted octanol–water partition coefficient (Wildman–Crippen LogP) is -0.984. The first kappa shape index (κ1) is 30.3. The Kier molecular flexibility index (Phi) is 12.0. The molecule has 15 nitrogen and oxygen atoms in total. The normalized spacial score (nSPS) is 12.9.